The Hall–Kier alpha value is -3.72. The number of carbonyl (C=O) groups is 2. The molecule has 1 aromatic heterocycles. The van der Waals surface area contributed by atoms with Gasteiger partial charge in [0.2, 0.25) is 5.88 Å². The fourth-order valence-electron chi connectivity index (χ4n) is 2.43. The lowest BCUT2D eigenvalue weighted by atomic mass is 10.2. The molecule has 0 aliphatic heterocycles. The van der Waals surface area contributed by atoms with Crippen LogP contribution in [-0.4, -0.2) is 33.2 Å². The predicted octanol–water partition coefficient (Wildman–Crippen LogP) is 3.83. The van der Waals surface area contributed by atoms with E-state index in [4.69, 9.17) is 21.1 Å². The Morgan fingerprint density at radius 2 is 1.86 bits per heavy atom. The van der Waals surface area contributed by atoms with Crippen LogP contribution in [0.5, 0.6) is 5.88 Å². The van der Waals surface area contributed by atoms with Gasteiger partial charge in [0, 0.05) is 12.1 Å². The first kappa shape index (κ1) is 20.0. The SMILES string of the molecule is CCOC(=O)c1cc(OC(=O)c2ccc(Cl)c([N+](=O)[O-])c2)n(-c2ccccc2)n1. The van der Waals surface area contributed by atoms with Crippen molar-refractivity contribution in [1.82, 2.24) is 9.78 Å². The van der Waals surface area contributed by atoms with Crippen molar-refractivity contribution in [3.05, 3.63) is 81.0 Å². The zero-order chi connectivity index (χ0) is 21.0. The molecule has 0 atom stereocenters. The normalized spacial score (nSPS) is 10.4. The summed E-state index contributed by atoms with van der Waals surface area (Å²) in [7, 11) is 0. The van der Waals surface area contributed by atoms with Gasteiger partial charge in [-0.3, -0.25) is 10.1 Å². The highest BCUT2D eigenvalue weighted by Crippen LogP contribution is 2.26. The van der Waals surface area contributed by atoms with Crippen molar-refractivity contribution in [2.45, 2.75) is 6.92 Å². The molecule has 0 N–H and O–H groups in total. The third-order valence-corrected chi connectivity index (χ3v) is 4.06. The molecule has 0 aliphatic rings. The Morgan fingerprint density at radius 3 is 2.52 bits per heavy atom. The number of para-hydroxylation sites is 1. The number of rotatable bonds is 6. The van der Waals surface area contributed by atoms with Crippen LogP contribution < -0.4 is 4.74 Å². The molecule has 0 saturated carbocycles. The second-order valence-corrected chi connectivity index (χ2v) is 6.06. The fraction of sp³-hybridized carbons (Fsp3) is 0.105. The highest BCUT2D eigenvalue weighted by Gasteiger charge is 2.22. The Kier molecular flexibility index (Phi) is 5.89. The van der Waals surface area contributed by atoms with Crippen molar-refractivity contribution in [3.63, 3.8) is 0 Å². The number of aromatic nitrogens is 2. The summed E-state index contributed by atoms with van der Waals surface area (Å²) < 4.78 is 11.5. The van der Waals surface area contributed by atoms with Gasteiger partial charge < -0.3 is 9.47 Å². The minimum atomic E-state index is -0.878. The van der Waals surface area contributed by atoms with Crippen LogP contribution in [0.2, 0.25) is 5.02 Å². The minimum absolute atomic E-state index is 0.0538. The lowest BCUT2D eigenvalue weighted by Gasteiger charge is -2.08. The molecule has 0 fully saturated rings. The summed E-state index contributed by atoms with van der Waals surface area (Å²) in [6.45, 7) is 1.81. The van der Waals surface area contributed by atoms with E-state index >= 15 is 0 Å². The summed E-state index contributed by atoms with van der Waals surface area (Å²) in [5.41, 5.74) is -0.0296. The van der Waals surface area contributed by atoms with Crippen molar-refractivity contribution in [2.75, 3.05) is 6.61 Å². The molecule has 9 nitrogen and oxygen atoms in total. The number of nitro groups is 1. The standard InChI is InChI=1S/C19H14ClN3O6/c1-2-28-19(25)15-11-17(22(21-15)13-6-4-3-5-7-13)29-18(24)12-8-9-14(20)16(10-12)23(26)27/h3-11H,2H2,1H3. The van der Waals surface area contributed by atoms with Crippen LogP contribution in [0.3, 0.4) is 0 Å². The van der Waals surface area contributed by atoms with Gasteiger partial charge >= 0.3 is 11.9 Å². The monoisotopic (exact) mass is 415 g/mol. The lowest BCUT2D eigenvalue weighted by Crippen LogP contribution is -2.12. The van der Waals surface area contributed by atoms with E-state index in [-0.39, 0.29) is 28.8 Å². The van der Waals surface area contributed by atoms with Crippen LogP contribution in [0.15, 0.2) is 54.6 Å². The van der Waals surface area contributed by atoms with Crippen molar-refractivity contribution < 1.29 is 24.0 Å². The van der Waals surface area contributed by atoms with Gasteiger partial charge in [0.15, 0.2) is 5.69 Å². The molecule has 148 valence electrons. The Bertz CT molecular complexity index is 1080. The summed E-state index contributed by atoms with van der Waals surface area (Å²) in [5.74, 6) is -1.61. The van der Waals surface area contributed by atoms with Crippen molar-refractivity contribution in [1.29, 1.82) is 0 Å². The van der Waals surface area contributed by atoms with E-state index in [0.717, 1.165) is 6.07 Å². The van der Waals surface area contributed by atoms with Crippen LogP contribution in [0.1, 0.15) is 27.8 Å². The Balaban J connectivity index is 1.97. The van der Waals surface area contributed by atoms with Crippen molar-refractivity contribution >= 4 is 29.2 Å². The predicted molar refractivity (Wildman–Crippen MR) is 103 cm³/mol. The molecule has 29 heavy (non-hydrogen) atoms. The molecule has 10 heteroatoms. The van der Waals surface area contributed by atoms with Gasteiger partial charge in [-0.05, 0) is 31.2 Å². The number of halogens is 1. The first-order valence-electron chi connectivity index (χ1n) is 8.39. The van der Waals surface area contributed by atoms with Gasteiger partial charge in [-0.25, -0.2) is 9.59 Å². The third kappa shape index (κ3) is 4.41. The first-order chi connectivity index (χ1) is 13.9. The zero-order valence-corrected chi connectivity index (χ0v) is 15.8. The van der Waals surface area contributed by atoms with E-state index in [1.54, 1.807) is 37.3 Å². The fourth-order valence-corrected chi connectivity index (χ4v) is 2.62. The number of nitro benzene ring substituents is 1. The summed E-state index contributed by atoms with van der Waals surface area (Å²) in [5, 5.41) is 15.1. The molecular weight excluding hydrogens is 402 g/mol. The van der Waals surface area contributed by atoms with E-state index in [1.807, 2.05) is 0 Å². The first-order valence-corrected chi connectivity index (χ1v) is 8.77. The van der Waals surface area contributed by atoms with Gasteiger partial charge in [0.25, 0.3) is 5.69 Å². The van der Waals surface area contributed by atoms with Crippen molar-refractivity contribution in [3.8, 4) is 11.6 Å². The van der Waals surface area contributed by atoms with Crippen molar-refractivity contribution in [2.24, 2.45) is 0 Å². The molecular formula is C19H14ClN3O6. The topological polar surface area (TPSA) is 114 Å². The smallest absolute Gasteiger partial charge is 0.358 e. The molecule has 3 aromatic rings. The molecule has 0 amide bonds. The highest BCUT2D eigenvalue weighted by molar-refractivity contribution is 6.32. The number of esters is 2. The average Bonchev–Trinajstić information content (AvgIpc) is 3.13. The van der Waals surface area contributed by atoms with E-state index in [1.165, 1.54) is 22.9 Å². The van der Waals surface area contributed by atoms with Gasteiger partial charge in [-0.2, -0.15) is 9.78 Å². The highest BCUT2D eigenvalue weighted by atomic mass is 35.5. The van der Waals surface area contributed by atoms with Crippen LogP contribution >= 0.6 is 11.6 Å². The van der Waals surface area contributed by atoms with Crippen LogP contribution in [0.4, 0.5) is 5.69 Å². The second kappa shape index (κ2) is 8.53. The number of nitrogens with zero attached hydrogens (tertiary/aromatic N) is 3. The third-order valence-electron chi connectivity index (χ3n) is 3.74. The summed E-state index contributed by atoms with van der Waals surface area (Å²) in [4.78, 5) is 34.9. The molecule has 0 radical (unpaired) electrons. The van der Waals surface area contributed by atoms with E-state index in [2.05, 4.69) is 5.10 Å². The minimum Gasteiger partial charge on any atom is -0.461 e. The number of ether oxygens (including phenoxy) is 2. The number of carbonyl (C=O) groups excluding carboxylic acids is 2. The average molecular weight is 416 g/mol. The van der Waals surface area contributed by atoms with Gasteiger partial charge in [0.1, 0.15) is 5.02 Å². The molecule has 3 rings (SSSR count). The number of hydrogen-bond donors (Lipinski definition) is 0. The van der Waals surface area contributed by atoms with Crippen LogP contribution in [-0.2, 0) is 4.74 Å². The van der Waals surface area contributed by atoms with E-state index in [9.17, 15) is 19.7 Å². The summed E-state index contributed by atoms with van der Waals surface area (Å²) >= 11 is 5.77. The Labute approximate surface area is 169 Å². The molecule has 0 spiro atoms. The lowest BCUT2D eigenvalue weighted by molar-refractivity contribution is -0.384. The maximum absolute atomic E-state index is 12.5. The molecule has 0 saturated heterocycles. The van der Waals surface area contributed by atoms with E-state index in [0.29, 0.717) is 5.69 Å². The van der Waals surface area contributed by atoms with Gasteiger partial charge in [-0.1, -0.05) is 29.8 Å². The largest absolute Gasteiger partial charge is 0.461 e. The van der Waals surface area contributed by atoms with Gasteiger partial charge in [-0.15, -0.1) is 0 Å². The molecule has 0 unspecified atom stereocenters. The Morgan fingerprint density at radius 1 is 1.14 bits per heavy atom. The molecule has 1 heterocycles. The van der Waals surface area contributed by atoms with Gasteiger partial charge in [0.05, 0.1) is 22.8 Å². The molecule has 0 aliphatic carbocycles. The van der Waals surface area contributed by atoms with E-state index < -0.39 is 22.5 Å². The molecule has 2 aromatic carbocycles. The number of hydrogen-bond acceptors (Lipinski definition) is 7. The van der Waals surface area contributed by atoms with Crippen LogP contribution in [0, 0.1) is 10.1 Å². The zero-order valence-electron chi connectivity index (χ0n) is 15.1. The summed E-state index contributed by atoms with van der Waals surface area (Å²) in [6.07, 6.45) is 0. The maximum atomic E-state index is 12.5. The second-order valence-electron chi connectivity index (χ2n) is 5.65. The maximum Gasteiger partial charge on any atom is 0.358 e. The number of benzene rings is 2. The molecule has 0 bridgehead atoms. The van der Waals surface area contributed by atoms with Crippen LogP contribution in [0.25, 0.3) is 5.69 Å². The quantitative estimate of drug-likeness (QED) is 0.341. The summed E-state index contributed by atoms with van der Waals surface area (Å²) in [6, 6.07) is 13.5.